The standard InChI is InChI=1S/C8H9N5O3/c1-12-3-13(2-4(14)15)6-5(12)7(16)11-8(9)10-6/h3H,2H2,1H3,(H3-,9,10,11,14,15,16)/p+1. The number of hydrogen-bond acceptors (Lipinski definition) is 4. The third kappa shape index (κ3) is 1.49. The number of hydrogen-bond donors (Lipinski definition) is 3. The monoisotopic (exact) mass is 224 g/mol. The zero-order valence-corrected chi connectivity index (χ0v) is 8.47. The number of nitrogens with two attached hydrogens (primary N) is 1. The number of nitrogen functional groups attached to an aromatic ring is 1. The van der Waals surface area contributed by atoms with Crippen molar-refractivity contribution in [2.75, 3.05) is 5.73 Å². The number of aromatic nitrogens is 4. The Kier molecular flexibility index (Phi) is 2.11. The van der Waals surface area contributed by atoms with E-state index < -0.39 is 11.5 Å². The summed E-state index contributed by atoms with van der Waals surface area (Å²) in [5, 5.41) is 8.70. The Morgan fingerprint density at radius 2 is 2.44 bits per heavy atom. The van der Waals surface area contributed by atoms with Crippen LogP contribution >= 0.6 is 0 Å². The van der Waals surface area contributed by atoms with Crippen molar-refractivity contribution >= 4 is 23.1 Å². The van der Waals surface area contributed by atoms with Crippen molar-refractivity contribution < 1.29 is 14.5 Å². The molecule has 0 bridgehead atoms. The van der Waals surface area contributed by atoms with Gasteiger partial charge in [0.2, 0.25) is 5.52 Å². The van der Waals surface area contributed by atoms with Gasteiger partial charge in [0, 0.05) is 0 Å². The van der Waals surface area contributed by atoms with Gasteiger partial charge in [0.05, 0.1) is 7.05 Å². The molecule has 0 saturated heterocycles. The molecule has 16 heavy (non-hydrogen) atoms. The van der Waals surface area contributed by atoms with Gasteiger partial charge in [-0.05, 0) is 0 Å². The molecule has 0 saturated carbocycles. The summed E-state index contributed by atoms with van der Waals surface area (Å²) in [6.07, 6.45) is 1.49. The summed E-state index contributed by atoms with van der Waals surface area (Å²) in [7, 11) is 1.63. The van der Waals surface area contributed by atoms with Crippen LogP contribution in [0.5, 0.6) is 0 Å². The van der Waals surface area contributed by atoms with Crippen molar-refractivity contribution in [2.45, 2.75) is 6.54 Å². The van der Waals surface area contributed by atoms with Gasteiger partial charge >= 0.3 is 11.6 Å². The Bertz CT molecular complexity index is 626. The highest BCUT2D eigenvalue weighted by Gasteiger charge is 2.20. The zero-order chi connectivity index (χ0) is 11.9. The quantitative estimate of drug-likeness (QED) is 0.521. The Balaban J connectivity index is 2.78. The molecule has 0 amide bonds. The molecule has 0 radical (unpaired) electrons. The van der Waals surface area contributed by atoms with E-state index in [4.69, 9.17) is 10.8 Å². The van der Waals surface area contributed by atoms with Gasteiger partial charge in [0.1, 0.15) is 0 Å². The average Bonchev–Trinajstić information content (AvgIpc) is 2.41. The molecule has 0 aliphatic rings. The zero-order valence-electron chi connectivity index (χ0n) is 8.47. The largest absolute Gasteiger partial charge is 0.479 e. The molecule has 8 nitrogen and oxygen atoms in total. The lowest BCUT2D eigenvalue weighted by molar-refractivity contribution is -0.662. The van der Waals surface area contributed by atoms with E-state index in [1.54, 1.807) is 7.05 Å². The molecule has 2 aromatic heterocycles. The number of anilines is 1. The van der Waals surface area contributed by atoms with Crippen LogP contribution in [0.4, 0.5) is 5.95 Å². The topological polar surface area (TPSA) is 118 Å². The summed E-state index contributed by atoms with van der Waals surface area (Å²) in [4.78, 5) is 28.4. The van der Waals surface area contributed by atoms with Crippen LogP contribution in [0.1, 0.15) is 0 Å². The molecule has 2 heterocycles. The maximum absolute atomic E-state index is 11.6. The molecule has 2 rings (SSSR count). The molecule has 84 valence electrons. The highest BCUT2D eigenvalue weighted by Crippen LogP contribution is 2.01. The summed E-state index contributed by atoms with van der Waals surface area (Å²) in [6, 6.07) is 0. The SMILES string of the molecule is Cn1c[n+](CC(=O)O)c2nc(N)[nH]c(=O)c21. The van der Waals surface area contributed by atoms with Crippen molar-refractivity contribution in [1.29, 1.82) is 0 Å². The summed E-state index contributed by atoms with van der Waals surface area (Å²) in [5.41, 5.74) is 5.55. The minimum absolute atomic E-state index is 0.0390. The van der Waals surface area contributed by atoms with Crippen LogP contribution in [0.3, 0.4) is 0 Å². The number of carbonyl (C=O) groups is 1. The fraction of sp³-hybridized carbons (Fsp3) is 0.250. The normalized spacial score (nSPS) is 10.8. The number of carboxylic acid groups (broad SMARTS) is 1. The Morgan fingerprint density at radius 1 is 1.75 bits per heavy atom. The predicted octanol–water partition coefficient (Wildman–Crippen LogP) is -1.78. The number of carboxylic acids is 1. The predicted molar refractivity (Wildman–Crippen MR) is 53.6 cm³/mol. The second kappa shape index (κ2) is 3.33. The van der Waals surface area contributed by atoms with Gasteiger partial charge in [-0.15, -0.1) is 0 Å². The van der Waals surface area contributed by atoms with Crippen molar-refractivity contribution in [3.8, 4) is 0 Å². The second-order valence-electron chi connectivity index (χ2n) is 3.37. The molecule has 0 spiro atoms. The van der Waals surface area contributed by atoms with Gasteiger partial charge in [-0.3, -0.25) is 14.3 Å². The van der Waals surface area contributed by atoms with E-state index >= 15 is 0 Å². The van der Waals surface area contributed by atoms with Crippen molar-refractivity contribution in [2.24, 2.45) is 7.05 Å². The maximum Gasteiger partial charge on any atom is 0.338 e. The number of aryl methyl sites for hydroxylation is 1. The van der Waals surface area contributed by atoms with Gasteiger partial charge < -0.3 is 10.8 Å². The summed E-state index contributed by atoms with van der Waals surface area (Å²) < 4.78 is 2.85. The first kappa shape index (κ1) is 10.1. The molecular weight excluding hydrogens is 214 g/mol. The van der Waals surface area contributed by atoms with E-state index in [-0.39, 0.29) is 23.7 Å². The van der Waals surface area contributed by atoms with Crippen LogP contribution in [0, 0.1) is 0 Å². The Labute approximate surface area is 89.0 Å². The number of nitrogens with one attached hydrogen (secondary N) is 1. The number of imidazole rings is 1. The number of aliphatic carboxylic acids is 1. The molecule has 0 fully saturated rings. The van der Waals surface area contributed by atoms with Crippen molar-refractivity contribution in [1.82, 2.24) is 14.5 Å². The average molecular weight is 224 g/mol. The number of nitrogens with zero attached hydrogens (tertiary/aromatic N) is 3. The second-order valence-corrected chi connectivity index (χ2v) is 3.37. The molecule has 0 atom stereocenters. The first-order valence-corrected chi connectivity index (χ1v) is 4.45. The lowest BCUT2D eigenvalue weighted by Gasteiger charge is -1.91. The first-order chi connectivity index (χ1) is 7.49. The van der Waals surface area contributed by atoms with Gasteiger partial charge in [-0.1, -0.05) is 4.98 Å². The highest BCUT2D eigenvalue weighted by atomic mass is 16.4. The summed E-state index contributed by atoms with van der Waals surface area (Å²) in [6.45, 7) is -0.271. The third-order valence-electron chi connectivity index (χ3n) is 2.14. The van der Waals surface area contributed by atoms with Crippen molar-refractivity contribution in [3.63, 3.8) is 0 Å². The molecule has 0 aromatic carbocycles. The van der Waals surface area contributed by atoms with Crippen LogP contribution < -0.4 is 15.9 Å². The molecule has 2 aromatic rings. The van der Waals surface area contributed by atoms with E-state index in [2.05, 4.69) is 9.97 Å². The van der Waals surface area contributed by atoms with E-state index in [1.165, 1.54) is 15.5 Å². The van der Waals surface area contributed by atoms with Crippen LogP contribution in [-0.4, -0.2) is 25.6 Å². The smallest absolute Gasteiger partial charge is 0.338 e. The van der Waals surface area contributed by atoms with Gasteiger partial charge in [-0.2, -0.15) is 0 Å². The van der Waals surface area contributed by atoms with E-state index in [1.807, 2.05) is 0 Å². The molecule has 4 N–H and O–H groups in total. The molecule has 8 heteroatoms. The van der Waals surface area contributed by atoms with Gasteiger partial charge in [-0.25, -0.2) is 9.36 Å². The lowest BCUT2D eigenvalue weighted by Crippen LogP contribution is -2.37. The number of rotatable bonds is 2. The third-order valence-corrected chi connectivity index (χ3v) is 2.14. The molecule has 0 aliphatic heterocycles. The maximum atomic E-state index is 11.6. The van der Waals surface area contributed by atoms with Crippen LogP contribution in [0.15, 0.2) is 11.1 Å². The Hall–Kier alpha value is -2.38. The lowest BCUT2D eigenvalue weighted by atomic mass is 10.5. The van der Waals surface area contributed by atoms with E-state index in [0.717, 1.165) is 0 Å². The minimum Gasteiger partial charge on any atom is -0.479 e. The summed E-state index contributed by atoms with van der Waals surface area (Å²) >= 11 is 0. The fourth-order valence-electron chi connectivity index (χ4n) is 1.57. The Morgan fingerprint density at radius 3 is 3.06 bits per heavy atom. The number of H-pyrrole nitrogens is 1. The number of aromatic amines is 1. The number of fused-ring (bicyclic) bond motifs is 1. The molecular formula is C8H10N5O3+. The van der Waals surface area contributed by atoms with Gasteiger partial charge in [0.15, 0.2) is 12.9 Å². The minimum atomic E-state index is -1.02. The summed E-state index contributed by atoms with van der Waals surface area (Å²) in [5.74, 6) is -1.05. The fourth-order valence-corrected chi connectivity index (χ4v) is 1.57. The van der Waals surface area contributed by atoms with Crippen molar-refractivity contribution in [3.05, 3.63) is 16.7 Å². The molecule has 0 aliphatic carbocycles. The van der Waals surface area contributed by atoms with Crippen LogP contribution in [0.25, 0.3) is 11.2 Å². The molecule has 0 unspecified atom stereocenters. The first-order valence-electron chi connectivity index (χ1n) is 4.45. The van der Waals surface area contributed by atoms with E-state index in [9.17, 15) is 9.59 Å². The van der Waals surface area contributed by atoms with Crippen LogP contribution in [-0.2, 0) is 18.4 Å². The van der Waals surface area contributed by atoms with Crippen LogP contribution in [0.2, 0.25) is 0 Å². The highest BCUT2D eigenvalue weighted by molar-refractivity contribution is 5.69. The van der Waals surface area contributed by atoms with E-state index in [0.29, 0.717) is 0 Å². The van der Waals surface area contributed by atoms with Gasteiger partial charge in [0.25, 0.3) is 11.5 Å².